The molecule has 8 heterocycles. The molecule has 6 fully saturated rings. The molecule has 0 unspecified atom stereocenters. The molecule has 10 aliphatic rings. The number of ether oxygens (including phenoxy) is 6. The van der Waals surface area contributed by atoms with E-state index in [9.17, 15) is 45.6 Å². The van der Waals surface area contributed by atoms with Crippen molar-refractivity contribution < 1.29 is 83.6 Å². The number of aromatic nitrogens is 2. The second kappa shape index (κ2) is 32.8. The Morgan fingerprint density at radius 2 is 0.921 bits per heavy atom. The highest BCUT2D eigenvalue weighted by molar-refractivity contribution is 7.92. The van der Waals surface area contributed by atoms with Gasteiger partial charge in [-0.3, -0.25) is 47.8 Å². The molecule has 0 bridgehead atoms. The molecule has 4 amide bonds. The summed E-state index contributed by atoms with van der Waals surface area (Å²) in [6.45, 7) is 23.6. The summed E-state index contributed by atoms with van der Waals surface area (Å²) in [5.41, 5.74) is -1.98. The highest BCUT2D eigenvalue weighted by Gasteiger charge is 2.65. The van der Waals surface area contributed by atoms with Crippen LogP contribution in [0.5, 0.6) is 23.5 Å². The average Bonchev–Trinajstić information content (AvgIpc) is 1.56. The van der Waals surface area contributed by atoms with Crippen LogP contribution in [-0.4, -0.2) is 155 Å². The number of sulfonamides is 2. The second-order valence-corrected chi connectivity index (χ2v) is 41.6. The molecule has 6 aliphatic heterocycles. The fourth-order valence-electron chi connectivity index (χ4n) is 18.4. The fraction of sp³-hybridized carbons (Fsp3) is 0.659. The smallest absolute Gasteiger partial charge is 0.307 e. The Balaban J connectivity index is 0.000000199. The molecule has 14 atom stereocenters. The maximum absolute atomic E-state index is 15.1. The first-order valence-corrected chi connectivity index (χ1v) is 44.8. The van der Waals surface area contributed by atoms with E-state index in [0.717, 1.165) is 84.0 Å². The van der Waals surface area contributed by atoms with Gasteiger partial charge in [0.2, 0.25) is 67.2 Å². The van der Waals surface area contributed by atoms with Crippen molar-refractivity contribution in [3.63, 3.8) is 0 Å². The third-order valence-electron chi connectivity index (χ3n) is 25.9. The van der Waals surface area contributed by atoms with Crippen LogP contribution in [0.3, 0.4) is 0 Å². The molecule has 4 aromatic rings. The van der Waals surface area contributed by atoms with Gasteiger partial charge in [0.25, 0.3) is 0 Å². The van der Waals surface area contributed by atoms with Crippen LogP contribution in [0.2, 0.25) is 0 Å². The van der Waals surface area contributed by atoms with Crippen molar-refractivity contribution in [2.24, 2.45) is 58.2 Å². The summed E-state index contributed by atoms with van der Waals surface area (Å²) in [4.78, 5) is 128. The number of carbonyl (C=O) groups excluding carboxylic acids is 8. The maximum atomic E-state index is 15.1. The van der Waals surface area contributed by atoms with Gasteiger partial charge in [-0.1, -0.05) is 101 Å². The van der Waals surface area contributed by atoms with Gasteiger partial charge in [0.05, 0.1) is 83.4 Å². The lowest BCUT2D eigenvalue weighted by molar-refractivity contribution is -0.160. The molecule has 114 heavy (non-hydrogen) atoms. The molecule has 24 nitrogen and oxygen atoms in total. The third kappa shape index (κ3) is 18.2. The number of esters is 2. The standard InChI is InChI=1S/2C44H59N3O9S/c2*1-7-28-21-27(2)13-8-9-14-29-24-44(29,41(51)46-57(52,53)43(6)18-19-43)25-36(48)35-22-30(26-47(35)40(50)34(28)23-37(49)56-42(3,4)5)55-39-33-16-11-10-15-31(33)32-17-12-20-54-38(32)45-39/h2*9-11,14-16,27-30,34-35H,7-8,12-13,17-26H2,1-6H3,(H,46,51)/b2*14-9-/t27-,28+,29+,30+,34-,35-,44+;27-,28-,29-,30-,34+,35+,44-/m01/s1. The van der Waals surface area contributed by atoms with Crippen LogP contribution in [0.4, 0.5) is 0 Å². The average molecular weight is 1610 g/mol. The van der Waals surface area contributed by atoms with Crippen molar-refractivity contribution in [2.45, 2.75) is 282 Å². The summed E-state index contributed by atoms with van der Waals surface area (Å²) in [6, 6.07) is 13.7. The van der Waals surface area contributed by atoms with Gasteiger partial charge in [-0.05, 0) is 217 Å². The van der Waals surface area contributed by atoms with Crippen LogP contribution in [0.1, 0.15) is 235 Å². The van der Waals surface area contributed by atoms with Gasteiger partial charge in [-0.15, -0.1) is 0 Å². The van der Waals surface area contributed by atoms with Crippen LogP contribution in [0.25, 0.3) is 21.5 Å². The molecular formula is C88H118N6O18S2. The van der Waals surface area contributed by atoms with E-state index in [4.69, 9.17) is 38.4 Å². The van der Waals surface area contributed by atoms with Crippen molar-refractivity contribution in [3.05, 3.63) is 84.0 Å². The number of nitrogens with zero attached hydrogens (tertiary/aromatic N) is 4. The summed E-state index contributed by atoms with van der Waals surface area (Å²) in [6.07, 6.45) is 18.0. The zero-order valence-corrected chi connectivity index (χ0v) is 70.2. The number of allylic oxidation sites excluding steroid dienone is 4. The van der Waals surface area contributed by atoms with E-state index >= 15 is 9.59 Å². The number of nitrogens with one attached hydrogen (secondary N) is 2. The highest BCUT2D eigenvalue weighted by Crippen LogP contribution is 2.60. The number of amides is 4. The number of benzene rings is 2. The maximum Gasteiger partial charge on any atom is 0.307 e. The molecule has 620 valence electrons. The van der Waals surface area contributed by atoms with Crippen LogP contribution in [-0.2, 0) is 80.7 Å². The van der Waals surface area contributed by atoms with E-state index < -0.39 is 111 Å². The lowest BCUT2D eigenvalue weighted by Gasteiger charge is -2.33. The summed E-state index contributed by atoms with van der Waals surface area (Å²) in [7, 11) is -7.91. The predicted molar refractivity (Wildman–Crippen MR) is 430 cm³/mol. The number of hydrogen-bond acceptors (Lipinski definition) is 20. The first-order chi connectivity index (χ1) is 53.9. The van der Waals surface area contributed by atoms with E-state index in [-0.39, 0.29) is 111 Å². The van der Waals surface area contributed by atoms with Gasteiger partial charge >= 0.3 is 11.9 Å². The molecule has 2 saturated heterocycles. The van der Waals surface area contributed by atoms with Crippen molar-refractivity contribution in [3.8, 4) is 23.5 Å². The van der Waals surface area contributed by atoms with Crippen molar-refractivity contribution in [1.82, 2.24) is 29.2 Å². The summed E-state index contributed by atoms with van der Waals surface area (Å²) >= 11 is 0. The summed E-state index contributed by atoms with van der Waals surface area (Å²) < 4.78 is 92.6. The minimum absolute atomic E-state index is 0.0647. The van der Waals surface area contributed by atoms with Crippen LogP contribution in [0, 0.1) is 58.2 Å². The number of hydrogen-bond donors (Lipinski definition) is 2. The molecule has 26 heteroatoms. The van der Waals surface area contributed by atoms with E-state index in [0.29, 0.717) is 101 Å². The number of aryl methyl sites for hydroxylation is 2. The molecule has 2 aromatic carbocycles. The molecule has 0 radical (unpaired) electrons. The molecule has 4 aliphatic carbocycles. The SMILES string of the molecule is CC[C@@H]1C[C@@H](C)CC/C=C\[C@@H]2C[C@@]2(C(=O)NS(=O)(=O)C2(C)CC2)CC(=O)[C@@H]2C[C@@H](Oc3nc4c(c5ccccc35)CCCO4)CN2C(=O)[C@H]1CC(=O)OC(C)(C)C.CC[C@@H]1C[C@H](C)CC/C=C\[C@@H]2C[C@@]2(C(=O)NS(=O)(=O)C2(C)CC2)CC(=O)[C@@H]2C[C@@H](Oc3nc4c(c5ccccc35)CCCO4)CN2C(=O)[C@H]1CC(=O)OC(C)(C)C. The Labute approximate surface area is 672 Å². The fourth-order valence-corrected chi connectivity index (χ4v) is 21.1. The Morgan fingerprint density at radius 3 is 1.27 bits per heavy atom. The zero-order chi connectivity index (χ0) is 81.8. The largest absolute Gasteiger partial charge is 0.477 e. The number of Topliss-reactive ketones (excluding diaryl/α,β-unsaturated/α-hetero) is 2. The highest BCUT2D eigenvalue weighted by atomic mass is 32.2. The van der Waals surface area contributed by atoms with Crippen LogP contribution >= 0.6 is 0 Å². The number of pyridine rings is 2. The Hall–Kier alpha value is -8.00. The first kappa shape index (κ1) is 83.9. The first-order valence-electron chi connectivity index (χ1n) is 41.9. The summed E-state index contributed by atoms with van der Waals surface area (Å²) in [5.74, 6) is -3.91. The van der Waals surface area contributed by atoms with E-state index in [1.807, 2.05) is 86.7 Å². The van der Waals surface area contributed by atoms with Gasteiger partial charge in [-0.2, -0.15) is 9.97 Å². The van der Waals surface area contributed by atoms with E-state index in [1.54, 1.807) is 65.2 Å². The zero-order valence-electron chi connectivity index (χ0n) is 68.6. The quantitative estimate of drug-likeness (QED) is 0.0777. The normalized spacial score (nSPS) is 30.7. The van der Waals surface area contributed by atoms with Gasteiger partial charge < -0.3 is 38.2 Å². The molecule has 4 saturated carbocycles. The lowest BCUT2D eigenvalue weighted by Crippen LogP contribution is -2.48. The number of ketones is 2. The summed E-state index contributed by atoms with van der Waals surface area (Å²) in [5, 5.41) is 3.57. The second-order valence-electron chi connectivity index (χ2n) is 37.2. The van der Waals surface area contributed by atoms with Crippen molar-refractivity contribution in [2.75, 3.05) is 26.3 Å². The molecule has 14 rings (SSSR count). The molecule has 2 N–H and O–H groups in total. The van der Waals surface area contributed by atoms with Gasteiger partial charge in [-0.25, -0.2) is 16.8 Å². The Morgan fingerprint density at radius 1 is 0.553 bits per heavy atom. The minimum atomic E-state index is -3.95. The third-order valence-corrected chi connectivity index (χ3v) is 30.3. The molecule has 0 spiro atoms. The van der Waals surface area contributed by atoms with Gasteiger partial charge in [0.15, 0.2) is 11.6 Å². The van der Waals surface area contributed by atoms with E-state index in [2.05, 4.69) is 23.3 Å². The molecule has 2 aromatic heterocycles. The monoisotopic (exact) mass is 1610 g/mol. The van der Waals surface area contributed by atoms with Gasteiger partial charge in [0, 0.05) is 47.6 Å². The Bertz CT molecular complexity index is 4400. The van der Waals surface area contributed by atoms with Crippen LogP contribution < -0.4 is 28.4 Å². The predicted octanol–water partition coefficient (Wildman–Crippen LogP) is 13.2. The van der Waals surface area contributed by atoms with E-state index in [1.165, 1.54) is 0 Å². The number of rotatable bonds is 16. The van der Waals surface area contributed by atoms with Crippen molar-refractivity contribution in [1.29, 1.82) is 0 Å². The lowest BCUT2D eigenvalue weighted by atomic mass is 9.79. The number of carbonyl (C=O) groups is 8. The van der Waals surface area contributed by atoms with Crippen molar-refractivity contribution >= 4 is 88.7 Å². The van der Waals surface area contributed by atoms with Crippen LogP contribution in [0.15, 0.2) is 72.8 Å². The number of fused-ring (bicyclic) bond motifs is 10. The Kier molecular flexibility index (Phi) is 24.2. The minimum Gasteiger partial charge on any atom is -0.477 e. The molecular weight excluding hydrogens is 1490 g/mol. The topological polar surface area (TPSA) is 317 Å². The van der Waals surface area contributed by atoms with Gasteiger partial charge in [0.1, 0.15) is 23.4 Å².